The van der Waals surface area contributed by atoms with E-state index in [1.807, 2.05) is 30.3 Å². The van der Waals surface area contributed by atoms with Crippen molar-refractivity contribution in [1.29, 1.82) is 0 Å². The minimum absolute atomic E-state index is 0.0524. The molecule has 0 atom stereocenters. The maximum Gasteiger partial charge on any atom is 0.325 e. The molecule has 0 bridgehead atoms. The lowest BCUT2D eigenvalue weighted by molar-refractivity contribution is -0.128. The lowest BCUT2D eigenvalue weighted by atomic mass is 10.1. The summed E-state index contributed by atoms with van der Waals surface area (Å²) in [6.45, 7) is -0.328. The van der Waals surface area contributed by atoms with Crippen molar-refractivity contribution in [3.63, 3.8) is 0 Å². The highest BCUT2D eigenvalue weighted by Gasteiger charge is 2.30. The number of nitrogens with zero attached hydrogens (tertiary/aromatic N) is 1. The maximum atomic E-state index is 12.1. The van der Waals surface area contributed by atoms with Crippen LogP contribution >= 0.6 is 0 Å². The lowest BCUT2D eigenvalue weighted by Crippen LogP contribution is -2.38. The minimum Gasteiger partial charge on any atom is -0.329 e. The zero-order valence-electron chi connectivity index (χ0n) is 12.8. The molecule has 6 heteroatoms. The minimum atomic E-state index is -0.528. The zero-order valence-corrected chi connectivity index (χ0v) is 12.8. The van der Waals surface area contributed by atoms with E-state index < -0.39 is 11.9 Å². The van der Waals surface area contributed by atoms with Crippen molar-refractivity contribution >= 4 is 23.5 Å². The van der Waals surface area contributed by atoms with Crippen LogP contribution in [0.4, 0.5) is 10.5 Å². The van der Waals surface area contributed by atoms with Gasteiger partial charge < -0.3 is 10.6 Å². The number of anilines is 1. The number of amides is 4. The molecule has 0 radical (unpaired) electrons. The normalized spacial score (nSPS) is 15.1. The maximum absolute atomic E-state index is 12.1. The molecule has 0 saturated carbocycles. The number of benzene rings is 2. The van der Waals surface area contributed by atoms with Crippen LogP contribution in [-0.4, -0.2) is 35.8 Å². The van der Waals surface area contributed by atoms with E-state index in [9.17, 15) is 14.4 Å². The molecule has 4 rings (SSSR count). The first-order valence-electron chi connectivity index (χ1n) is 7.71. The van der Waals surface area contributed by atoms with Gasteiger partial charge in [-0.05, 0) is 40.8 Å². The van der Waals surface area contributed by atoms with Crippen LogP contribution in [0.25, 0.3) is 11.1 Å². The summed E-state index contributed by atoms with van der Waals surface area (Å²) in [5.74, 6) is -0.782. The van der Waals surface area contributed by atoms with Crippen LogP contribution in [0.3, 0.4) is 0 Å². The highest BCUT2D eigenvalue weighted by Crippen LogP contribution is 2.37. The number of urea groups is 1. The van der Waals surface area contributed by atoms with Gasteiger partial charge in [0.25, 0.3) is 5.91 Å². The number of carbonyl (C=O) groups is 3. The van der Waals surface area contributed by atoms with E-state index in [-0.39, 0.29) is 19.0 Å². The van der Waals surface area contributed by atoms with E-state index >= 15 is 0 Å². The predicted molar refractivity (Wildman–Crippen MR) is 88.4 cm³/mol. The fraction of sp³-hybridized carbons (Fsp3) is 0.167. The average Bonchev–Trinajstić information content (AvgIpc) is 3.09. The Morgan fingerprint density at radius 3 is 2.67 bits per heavy atom. The number of nitrogens with one attached hydrogen (secondary N) is 2. The molecule has 2 aromatic rings. The first-order chi connectivity index (χ1) is 11.6. The summed E-state index contributed by atoms with van der Waals surface area (Å²) in [4.78, 5) is 36.0. The number of fused-ring (bicyclic) bond motifs is 3. The Labute approximate surface area is 138 Å². The third-order valence-electron chi connectivity index (χ3n) is 4.32. The lowest BCUT2D eigenvalue weighted by Gasteiger charge is -2.13. The smallest absolute Gasteiger partial charge is 0.325 e. The van der Waals surface area contributed by atoms with Gasteiger partial charge in [0.05, 0.1) is 6.54 Å². The fourth-order valence-electron chi connectivity index (χ4n) is 3.18. The van der Waals surface area contributed by atoms with Crippen LogP contribution in [0, 0.1) is 0 Å². The zero-order chi connectivity index (χ0) is 16.7. The SMILES string of the molecule is O=C(CN1C(=O)CNC1=O)Nc1ccc2c(c1)Cc1ccccc1-2. The van der Waals surface area contributed by atoms with E-state index in [4.69, 9.17) is 0 Å². The second kappa shape index (κ2) is 5.49. The van der Waals surface area contributed by atoms with E-state index in [1.165, 1.54) is 16.7 Å². The van der Waals surface area contributed by atoms with Crippen LogP contribution in [-0.2, 0) is 16.0 Å². The first-order valence-corrected chi connectivity index (χ1v) is 7.71. The number of imide groups is 1. The van der Waals surface area contributed by atoms with E-state index in [2.05, 4.69) is 22.8 Å². The number of hydrogen-bond donors (Lipinski definition) is 2. The highest BCUT2D eigenvalue weighted by atomic mass is 16.2. The van der Waals surface area contributed by atoms with Crippen molar-refractivity contribution in [3.8, 4) is 11.1 Å². The van der Waals surface area contributed by atoms with Gasteiger partial charge in [0, 0.05) is 5.69 Å². The Morgan fingerprint density at radius 1 is 1.08 bits per heavy atom. The molecule has 1 saturated heterocycles. The molecule has 2 aliphatic rings. The summed E-state index contributed by atoms with van der Waals surface area (Å²) in [6, 6.07) is 13.5. The Morgan fingerprint density at radius 2 is 1.88 bits per heavy atom. The molecule has 2 aromatic carbocycles. The predicted octanol–water partition coefficient (Wildman–Crippen LogP) is 1.75. The quantitative estimate of drug-likeness (QED) is 0.721. The summed E-state index contributed by atoms with van der Waals surface area (Å²) in [6.07, 6.45) is 0.836. The third kappa shape index (κ3) is 2.42. The molecule has 4 amide bonds. The topological polar surface area (TPSA) is 78.5 Å². The van der Waals surface area contributed by atoms with Crippen molar-refractivity contribution in [1.82, 2.24) is 10.2 Å². The van der Waals surface area contributed by atoms with Gasteiger partial charge in [0.15, 0.2) is 0 Å². The molecular formula is C18H15N3O3. The van der Waals surface area contributed by atoms with Crippen LogP contribution in [0.2, 0.25) is 0 Å². The Kier molecular flexibility index (Phi) is 3.30. The molecule has 1 fully saturated rings. The fourth-order valence-corrected chi connectivity index (χ4v) is 3.18. The number of hydrogen-bond acceptors (Lipinski definition) is 3. The van der Waals surface area contributed by atoms with Crippen LogP contribution in [0.1, 0.15) is 11.1 Å². The largest absolute Gasteiger partial charge is 0.329 e. The van der Waals surface area contributed by atoms with Crippen molar-refractivity contribution in [2.45, 2.75) is 6.42 Å². The molecule has 1 heterocycles. The summed E-state index contributed by atoms with van der Waals surface area (Å²) >= 11 is 0. The Hall–Kier alpha value is -3.15. The first kappa shape index (κ1) is 14.4. The van der Waals surface area contributed by atoms with Crippen LogP contribution in [0.15, 0.2) is 42.5 Å². The van der Waals surface area contributed by atoms with Gasteiger partial charge in [-0.15, -0.1) is 0 Å². The molecule has 2 N–H and O–H groups in total. The van der Waals surface area contributed by atoms with Crippen molar-refractivity contribution in [3.05, 3.63) is 53.6 Å². The molecule has 0 spiro atoms. The van der Waals surface area contributed by atoms with Gasteiger partial charge in [-0.3, -0.25) is 14.5 Å². The average molecular weight is 321 g/mol. The molecule has 24 heavy (non-hydrogen) atoms. The van der Waals surface area contributed by atoms with Gasteiger partial charge in [-0.1, -0.05) is 30.3 Å². The standard InChI is InChI=1S/C18H15N3O3/c22-16(10-21-17(23)9-19-18(21)24)20-13-5-6-15-12(8-13)7-11-3-1-2-4-14(11)15/h1-6,8H,7,9-10H2,(H,19,24)(H,20,22). The monoisotopic (exact) mass is 321 g/mol. The second-order valence-corrected chi connectivity index (χ2v) is 5.89. The van der Waals surface area contributed by atoms with Crippen molar-refractivity contribution in [2.75, 3.05) is 18.4 Å². The Bertz CT molecular complexity index is 860. The summed E-state index contributed by atoms with van der Waals surface area (Å²) in [5, 5.41) is 5.14. The van der Waals surface area contributed by atoms with E-state index in [0.717, 1.165) is 16.9 Å². The highest BCUT2D eigenvalue weighted by molar-refractivity contribution is 6.06. The van der Waals surface area contributed by atoms with Gasteiger partial charge >= 0.3 is 6.03 Å². The van der Waals surface area contributed by atoms with Crippen molar-refractivity contribution < 1.29 is 14.4 Å². The summed E-state index contributed by atoms with van der Waals surface area (Å²) in [7, 11) is 0. The molecule has 0 unspecified atom stereocenters. The summed E-state index contributed by atoms with van der Waals surface area (Å²) < 4.78 is 0. The van der Waals surface area contributed by atoms with Gasteiger partial charge in [-0.25, -0.2) is 4.79 Å². The van der Waals surface area contributed by atoms with Crippen LogP contribution in [0.5, 0.6) is 0 Å². The van der Waals surface area contributed by atoms with Crippen LogP contribution < -0.4 is 10.6 Å². The van der Waals surface area contributed by atoms with Gasteiger partial charge in [0.2, 0.25) is 5.91 Å². The molecule has 1 aliphatic heterocycles. The third-order valence-corrected chi connectivity index (χ3v) is 4.32. The molecule has 0 aromatic heterocycles. The number of carbonyl (C=O) groups excluding carboxylic acids is 3. The van der Waals surface area contributed by atoms with Gasteiger partial charge in [-0.2, -0.15) is 0 Å². The second-order valence-electron chi connectivity index (χ2n) is 5.89. The van der Waals surface area contributed by atoms with E-state index in [1.54, 1.807) is 0 Å². The van der Waals surface area contributed by atoms with Crippen molar-refractivity contribution in [2.24, 2.45) is 0 Å². The molecular weight excluding hydrogens is 306 g/mol. The van der Waals surface area contributed by atoms with E-state index in [0.29, 0.717) is 5.69 Å². The molecule has 120 valence electrons. The van der Waals surface area contributed by atoms with Gasteiger partial charge in [0.1, 0.15) is 6.54 Å². The Balaban J connectivity index is 1.49. The number of rotatable bonds is 3. The molecule has 1 aliphatic carbocycles. The molecule has 6 nitrogen and oxygen atoms in total. The summed E-state index contributed by atoms with van der Waals surface area (Å²) in [5.41, 5.74) is 5.50.